The molecule has 0 spiro atoms. The number of hydrogen-bond donors (Lipinski definition) is 2. The van der Waals surface area contributed by atoms with Crippen LogP contribution < -0.4 is 9.86 Å². The van der Waals surface area contributed by atoms with E-state index in [1.807, 2.05) is 20.8 Å². The van der Waals surface area contributed by atoms with Crippen LogP contribution in [0.3, 0.4) is 0 Å². The van der Waals surface area contributed by atoms with E-state index in [1.54, 1.807) is 7.11 Å². The first-order valence-corrected chi connectivity index (χ1v) is 11.2. The second-order valence-electron chi connectivity index (χ2n) is 6.57. The largest absolute Gasteiger partial charge is 0.380 e. The molecule has 2 rings (SSSR count). The number of nitrogens with one attached hydrogen (secondary N) is 1. The minimum Gasteiger partial charge on any atom is -0.380 e. The zero-order valence-corrected chi connectivity index (χ0v) is 16.5. The molecule has 3 N–H and O–H groups in total. The summed E-state index contributed by atoms with van der Waals surface area (Å²) in [5.74, 6) is 0.0149. The highest BCUT2D eigenvalue weighted by molar-refractivity contribution is 7.90. The Hall–Kier alpha value is -1.00. The van der Waals surface area contributed by atoms with Crippen molar-refractivity contribution in [2.45, 2.75) is 55.5 Å². The Morgan fingerprint density at radius 2 is 1.72 bits per heavy atom. The Bertz CT molecular complexity index is 832. The standard InChI is InChI=1S/C16H26N2O5S2/c1-5-16(6-2)14(11(3)15(16)23-4)18-25(21,22)13-9-7-8-12(10-13)24(17,19)20/h7-11,14-15,18H,5-6H2,1-4H3,(H2,17,19,20). The van der Waals surface area contributed by atoms with Crippen LogP contribution in [0.2, 0.25) is 0 Å². The van der Waals surface area contributed by atoms with Gasteiger partial charge in [0.15, 0.2) is 0 Å². The van der Waals surface area contributed by atoms with Crippen molar-refractivity contribution in [2.75, 3.05) is 7.11 Å². The lowest BCUT2D eigenvalue weighted by Crippen LogP contribution is -2.69. The van der Waals surface area contributed by atoms with E-state index in [4.69, 9.17) is 9.88 Å². The number of hydrogen-bond acceptors (Lipinski definition) is 5. The molecule has 0 radical (unpaired) electrons. The maximum Gasteiger partial charge on any atom is 0.240 e. The van der Waals surface area contributed by atoms with Gasteiger partial charge in [-0.25, -0.2) is 26.7 Å². The zero-order valence-electron chi connectivity index (χ0n) is 14.9. The summed E-state index contributed by atoms with van der Waals surface area (Å²) in [6, 6.07) is 4.78. The van der Waals surface area contributed by atoms with Crippen LogP contribution in [0.4, 0.5) is 0 Å². The Morgan fingerprint density at radius 1 is 1.16 bits per heavy atom. The average Bonchev–Trinajstić information content (AvgIpc) is 2.56. The third kappa shape index (κ3) is 3.48. The highest BCUT2D eigenvalue weighted by Crippen LogP contribution is 2.52. The molecular formula is C16H26N2O5S2. The molecule has 0 bridgehead atoms. The first kappa shape index (κ1) is 20.3. The third-order valence-corrected chi connectivity index (χ3v) is 7.84. The van der Waals surface area contributed by atoms with Crippen molar-refractivity contribution >= 4 is 20.0 Å². The fraction of sp³-hybridized carbons (Fsp3) is 0.625. The quantitative estimate of drug-likeness (QED) is 0.731. The highest BCUT2D eigenvalue weighted by Gasteiger charge is 2.59. The molecule has 1 aliphatic rings. The lowest BCUT2D eigenvalue weighted by Gasteiger charge is -2.59. The van der Waals surface area contributed by atoms with Gasteiger partial charge in [0.1, 0.15) is 0 Å². The monoisotopic (exact) mass is 390 g/mol. The van der Waals surface area contributed by atoms with Gasteiger partial charge < -0.3 is 4.74 Å². The summed E-state index contributed by atoms with van der Waals surface area (Å²) in [6.45, 7) is 5.99. The minimum atomic E-state index is -3.97. The van der Waals surface area contributed by atoms with Crippen molar-refractivity contribution in [1.82, 2.24) is 4.72 Å². The molecule has 7 nitrogen and oxygen atoms in total. The van der Waals surface area contributed by atoms with Gasteiger partial charge in [-0.05, 0) is 37.0 Å². The third-order valence-electron chi connectivity index (χ3n) is 5.49. The molecule has 1 aliphatic carbocycles. The molecule has 0 saturated heterocycles. The molecule has 9 heteroatoms. The van der Waals surface area contributed by atoms with Crippen molar-refractivity contribution in [3.05, 3.63) is 24.3 Å². The van der Waals surface area contributed by atoms with E-state index in [1.165, 1.54) is 18.2 Å². The van der Waals surface area contributed by atoms with Gasteiger partial charge in [-0.2, -0.15) is 0 Å². The van der Waals surface area contributed by atoms with E-state index in [9.17, 15) is 16.8 Å². The van der Waals surface area contributed by atoms with Crippen molar-refractivity contribution in [3.8, 4) is 0 Å². The Kier molecular flexibility index (Phi) is 5.65. The number of sulfonamides is 2. The molecule has 142 valence electrons. The predicted molar refractivity (Wildman–Crippen MR) is 94.9 cm³/mol. The topological polar surface area (TPSA) is 116 Å². The van der Waals surface area contributed by atoms with Crippen LogP contribution in [0.15, 0.2) is 34.1 Å². The first-order chi connectivity index (χ1) is 11.5. The van der Waals surface area contributed by atoms with Crippen LogP contribution >= 0.6 is 0 Å². The summed E-state index contributed by atoms with van der Waals surface area (Å²) in [6.07, 6.45) is 1.53. The fourth-order valence-electron chi connectivity index (χ4n) is 4.10. The lowest BCUT2D eigenvalue weighted by atomic mass is 9.53. The molecule has 25 heavy (non-hydrogen) atoms. The molecule has 1 saturated carbocycles. The highest BCUT2D eigenvalue weighted by atomic mass is 32.2. The van der Waals surface area contributed by atoms with Gasteiger partial charge >= 0.3 is 0 Å². The summed E-state index contributed by atoms with van der Waals surface area (Å²) >= 11 is 0. The Labute approximate surface area is 150 Å². The van der Waals surface area contributed by atoms with E-state index >= 15 is 0 Å². The number of methoxy groups -OCH3 is 1. The van der Waals surface area contributed by atoms with Crippen molar-refractivity contribution in [3.63, 3.8) is 0 Å². The van der Waals surface area contributed by atoms with Crippen LogP contribution in [0, 0.1) is 11.3 Å². The summed E-state index contributed by atoms with van der Waals surface area (Å²) in [7, 11) is -6.22. The van der Waals surface area contributed by atoms with Crippen molar-refractivity contribution in [1.29, 1.82) is 0 Å². The maximum atomic E-state index is 12.8. The summed E-state index contributed by atoms with van der Waals surface area (Å²) < 4.78 is 56.9. The summed E-state index contributed by atoms with van der Waals surface area (Å²) in [5, 5.41) is 5.09. The summed E-state index contributed by atoms with van der Waals surface area (Å²) in [4.78, 5) is -0.350. The second-order valence-corrected chi connectivity index (χ2v) is 9.85. The zero-order chi connectivity index (χ0) is 19.0. The minimum absolute atomic E-state index is 0.0149. The van der Waals surface area contributed by atoms with Gasteiger partial charge in [-0.3, -0.25) is 0 Å². The van der Waals surface area contributed by atoms with Gasteiger partial charge in [0.2, 0.25) is 20.0 Å². The average molecular weight is 391 g/mol. The molecule has 0 aromatic heterocycles. The summed E-state index contributed by atoms with van der Waals surface area (Å²) in [5.41, 5.74) is -0.279. The molecule has 1 aromatic carbocycles. The second kappa shape index (κ2) is 6.96. The van der Waals surface area contributed by atoms with E-state index in [2.05, 4.69) is 4.72 Å². The molecule has 3 unspecified atom stereocenters. The smallest absolute Gasteiger partial charge is 0.240 e. The molecule has 0 amide bonds. The molecule has 0 aliphatic heterocycles. The van der Waals surface area contributed by atoms with E-state index in [-0.39, 0.29) is 33.3 Å². The van der Waals surface area contributed by atoms with Crippen LogP contribution in [0.25, 0.3) is 0 Å². The van der Waals surface area contributed by atoms with E-state index in [0.29, 0.717) is 0 Å². The number of nitrogens with two attached hydrogens (primary N) is 1. The Balaban J connectivity index is 2.36. The molecule has 3 atom stereocenters. The number of primary sulfonamides is 1. The van der Waals surface area contributed by atoms with E-state index < -0.39 is 20.0 Å². The van der Waals surface area contributed by atoms with Crippen molar-refractivity contribution < 1.29 is 21.6 Å². The van der Waals surface area contributed by atoms with Crippen LogP contribution in [0.1, 0.15) is 33.6 Å². The molecular weight excluding hydrogens is 364 g/mol. The molecule has 1 aromatic rings. The van der Waals surface area contributed by atoms with Gasteiger partial charge in [-0.15, -0.1) is 0 Å². The predicted octanol–water partition coefficient (Wildman–Crippen LogP) is 1.45. The van der Waals surface area contributed by atoms with Crippen LogP contribution in [-0.4, -0.2) is 36.1 Å². The van der Waals surface area contributed by atoms with Crippen molar-refractivity contribution in [2.24, 2.45) is 16.5 Å². The SMILES string of the molecule is CCC1(CC)C(NS(=O)(=O)c2cccc(S(N)(=O)=O)c2)C(C)C1OC. The molecule has 1 fully saturated rings. The van der Waals surface area contributed by atoms with Gasteiger partial charge in [0, 0.05) is 18.6 Å². The van der Waals surface area contributed by atoms with E-state index in [0.717, 1.165) is 18.9 Å². The Morgan fingerprint density at radius 3 is 2.20 bits per heavy atom. The number of rotatable bonds is 7. The lowest BCUT2D eigenvalue weighted by molar-refractivity contribution is -0.161. The van der Waals surface area contributed by atoms with Crippen LogP contribution in [0.5, 0.6) is 0 Å². The number of benzene rings is 1. The van der Waals surface area contributed by atoms with Crippen LogP contribution in [-0.2, 0) is 24.8 Å². The maximum absolute atomic E-state index is 12.8. The normalized spacial score (nSPS) is 26.2. The first-order valence-electron chi connectivity index (χ1n) is 8.21. The van der Waals surface area contributed by atoms with Gasteiger partial charge in [0.05, 0.1) is 15.9 Å². The van der Waals surface area contributed by atoms with Gasteiger partial charge in [-0.1, -0.05) is 26.8 Å². The fourth-order valence-corrected chi connectivity index (χ4v) is 6.19. The molecule has 0 heterocycles. The number of ether oxygens (including phenoxy) is 1. The van der Waals surface area contributed by atoms with Gasteiger partial charge in [0.25, 0.3) is 0 Å².